The van der Waals surface area contributed by atoms with E-state index in [4.69, 9.17) is 15.2 Å². The van der Waals surface area contributed by atoms with Crippen molar-refractivity contribution in [1.82, 2.24) is 10.2 Å². The first-order valence-electron chi connectivity index (χ1n) is 13.3. The normalized spacial score (nSPS) is 21.5. The van der Waals surface area contributed by atoms with Crippen LogP contribution in [0.3, 0.4) is 0 Å². The summed E-state index contributed by atoms with van der Waals surface area (Å²) in [7, 11) is 0. The highest BCUT2D eigenvalue weighted by atomic mass is 32.1. The fourth-order valence-corrected chi connectivity index (χ4v) is 6.52. The molecule has 5 rings (SSSR count). The third-order valence-corrected chi connectivity index (χ3v) is 8.82. The molecule has 0 spiro atoms. The molecule has 1 fully saturated rings. The van der Waals surface area contributed by atoms with Crippen molar-refractivity contribution in [2.45, 2.75) is 57.8 Å². The van der Waals surface area contributed by atoms with Gasteiger partial charge in [-0.25, -0.2) is 4.79 Å². The fourth-order valence-electron chi connectivity index (χ4n) is 5.61. The number of phenolic OH excluding ortho intramolecular Hbond substituents is 1. The minimum atomic E-state index is -0.402. The number of amides is 1. The molecule has 7 nitrogen and oxygen atoms in total. The largest absolute Gasteiger partial charge is 0.507 e. The smallest absolute Gasteiger partial charge is 0.413 e. The number of phenols is 1. The van der Waals surface area contributed by atoms with Crippen LogP contribution in [0.15, 0.2) is 42.5 Å². The second-order valence-corrected chi connectivity index (χ2v) is 11.5. The van der Waals surface area contributed by atoms with Gasteiger partial charge in [0.1, 0.15) is 5.75 Å². The molecule has 3 aromatic rings. The Morgan fingerprint density at radius 2 is 2.05 bits per heavy atom. The summed E-state index contributed by atoms with van der Waals surface area (Å²) in [5, 5.41) is 15.3. The maximum Gasteiger partial charge on any atom is 0.413 e. The highest BCUT2D eigenvalue weighted by molar-refractivity contribution is 7.20. The zero-order valence-corrected chi connectivity index (χ0v) is 22.4. The van der Waals surface area contributed by atoms with Crippen LogP contribution in [-0.4, -0.2) is 54.4 Å². The number of carbonyl (C=O) groups excluding carboxylic acids is 1. The third kappa shape index (κ3) is 5.93. The molecule has 37 heavy (non-hydrogen) atoms. The SMILES string of the molecule is Cc1ccc2c(c1O)C[C@@H](C1CCN(CCC(C)NC(=O)Oc3cc4ccccc4s3)CC1)O[C@H]2CN. The van der Waals surface area contributed by atoms with E-state index in [0.717, 1.165) is 72.1 Å². The lowest BCUT2D eigenvalue weighted by atomic mass is 9.83. The van der Waals surface area contributed by atoms with E-state index < -0.39 is 6.09 Å². The molecule has 198 valence electrons. The number of rotatable bonds is 7. The number of fused-ring (bicyclic) bond motifs is 2. The lowest BCUT2D eigenvalue weighted by Crippen LogP contribution is -2.43. The van der Waals surface area contributed by atoms with Crippen LogP contribution in [0.4, 0.5) is 4.79 Å². The van der Waals surface area contributed by atoms with Crippen molar-refractivity contribution in [3.63, 3.8) is 0 Å². The molecule has 1 amide bonds. The summed E-state index contributed by atoms with van der Waals surface area (Å²) in [6, 6.07) is 13.9. The molecular formula is C29H37N3O4S. The standard InChI is InChI=1S/C29H37N3O4S/c1-18-7-8-22-23(28(18)33)16-24(35-25(22)17-30)20-10-13-32(14-11-20)12-9-19(2)31-29(34)36-27-15-21-5-3-4-6-26(21)37-27/h3-8,15,19-20,24-25,33H,9-14,16-17,30H2,1-2H3,(H,31,34)/t19?,24-,25-/m0/s1. The molecule has 8 heteroatoms. The molecule has 0 saturated carbocycles. The number of benzene rings is 2. The van der Waals surface area contributed by atoms with Crippen LogP contribution in [0.25, 0.3) is 10.1 Å². The van der Waals surface area contributed by atoms with Crippen molar-refractivity contribution >= 4 is 27.5 Å². The van der Waals surface area contributed by atoms with Crippen LogP contribution in [0, 0.1) is 12.8 Å². The third-order valence-electron chi connectivity index (χ3n) is 7.82. The van der Waals surface area contributed by atoms with Crippen molar-refractivity contribution in [3.8, 4) is 10.8 Å². The van der Waals surface area contributed by atoms with Crippen LogP contribution in [0.1, 0.15) is 49.0 Å². The maximum atomic E-state index is 12.4. The van der Waals surface area contributed by atoms with Gasteiger partial charge in [0.15, 0.2) is 5.06 Å². The summed E-state index contributed by atoms with van der Waals surface area (Å²) in [4.78, 5) is 14.8. The molecule has 1 unspecified atom stereocenters. The fraction of sp³-hybridized carbons (Fsp3) is 0.483. The summed E-state index contributed by atoms with van der Waals surface area (Å²) in [6.45, 7) is 7.31. The van der Waals surface area contributed by atoms with Crippen molar-refractivity contribution in [2.24, 2.45) is 11.7 Å². The summed E-state index contributed by atoms with van der Waals surface area (Å²) in [5.41, 5.74) is 8.98. The highest BCUT2D eigenvalue weighted by Gasteiger charge is 2.35. The Kier molecular flexibility index (Phi) is 8.00. The average molecular weight is 524 g/mol. The number of nitrogens with zero attached hydrogens (tertiary/aromatic N) is 1. The number of aryl methyl sites for hydroxylation is 1. The lowest BCUT2D eigenvalue weighted by molar-refractivity contribution is -0.0647. The maximum absolute atomic E-state index is 12.4. The van der Waals surface area contributed by atoms with E-state index in [0.29, 0.717) is 23.3 Å². The average Bonchev–Trinajstić information content (AvgIpc) is 3.31. The van der Waals surface area contributed by atoms with Gasteiger partial charge in [-0.05, 0) is 74.7 Å². The van der Waals surface area contributed by atoms with Crippen molar-refractivity contribution < 1.29 is 19.4 Å². The second-order valence-electron chi connectivity index (χ2n) is 10.4. The monoisotopic (exact) mass is 523 g/mol. The Morgan fingerprint density at radius 1 is 1.27 bits per heavy atom. The number of likely N-dealkylation sites (tertiary alicyclic amines) is 1. The highest BCUT2D eigenvalue weighted by Crippen LogP contribution is 2.40. The number of nitrogens with one attached hydrogen (secondary N) is 1. The van der Waals surface area contributed by atoms with Crippen molar-refractivity contribution in [1.29, 1.82) is 0 Å². The molecule has 2 aliphatic rings. The molecule has 2 aromatic carbocycles. The van der Waals surface area contributed by atoms with Gasteiger partial charge in [-0.2, -0.15) is 0 Å². The minimum absolute atomic E-state index is 0.0225. The Balaban J connectivity index is 1.07. The van der Waals surface area contributed by atoms with Gasteiger partial charge in [0, 0.05) is 41.9 Å². The van der Waals surface area contributed by atoms with Gasteiger partial charge >= 0.3 is 6.09 Å². The van der Waals surface area contributed by atoms with Crippen LogP contribution >= 0.6 is 11.3 Å². The molecular weight excluding hydrogens is 486 g/mol. The molecule has 3 heterocycles. The van der Waals surface area contributed by atoms with E-state index in [2.05, 4.69) is 10.2 Å². The van der Waals surface area contributed by atoms with Crippen LogP contribution < -0.4 is 15.8 Å². The first-order chi connectivity index (χ1) is 17.9. The second kappa shape index (κ2) is 11.4. The minimum Gasteiger partial charge on any atom is -0.507 e. The zero-order chi connectivity index (χ0) is 25.9. The number of hydrogen-bond acceptors (Lipinski definition) is 7. The van der Waals surface area contributed by atoms with Crippen LogP contribution in [-0.2, 0) is 11.2 Å². The molecule has 1 aromatic heterocycles. The first kappa shape index (κ1) is 26.0. The number of thiophene rings is 1. The van der Waals surface area contributed by atoms with E-state index in [1.807, 2.05) is 56.3 Å². The van der Waals surface area contributed by atoms with E-state index in [9.17, 15) is 9.90 Å². The molecule has 0 bridgehead atoms. The number of ether oxygens (including phenoxy) is 2. The Bertz CT molecular complexity index is 1200. The summed E-state index contributed by atoms with van der Waals surface area (Å²) in [5.74, 6) is 0.847. The van der Waals surface area contributed by atoms with E-state index in [-0.39, 0.29) is 18.2 Å². The van der Waals surface area contributed by atoms with Gasteiger partial charge in [0.25, 0.3) is 0 Å². The van der Waals surface area contributed by atoms with E-state index >= 15 is 0 Å². The summed E-state index contributed by atoms with van der Waals surface area (Å²) in [6.07, 6.45) is 3.24. The van der Waals surface area contributed by atoms with Gasteiger partial charge in [-0.15, -0.1) is 0 Å². The summed E-state index contributed by atoms with van der Waals surface area (Å²) < 4.78 is 13.0. The van der Waals surface area contributed by atoms with Crippen LogP contribution in [0.5, 0.6) is 10.8 Å². The van der Waals surface area contributed by atoms with E-state index in [1.54, 1.807) is 0 Å². The zero-order valence-electron chi connectivity index (χ0n) is 21.6. The Labute approximate surface area is 222 Å². The molecule has 0 radical (unpaired) electrons. The molecule has 3 atom stereocenters. The lowest BCUT2D eigenvalue weighted by Gasteiger charge is -2.40. The molecule has 2 aliphatic heterocycles. The number of nitrogens with two attached hydrogens (primary N) is 1. The van der Waals surface area contributed by atoms with Gasteiger partial charge < -0.3 is 30.5 Å². The first-order valence-corrected chi connectivity index (χ1v) is 14.1. The number of hydrogen-bond donors (Lipinski definition) is 3. The predicted molar refractivity (Wildman–Crippen MR) is 147 cm³/mol. The number of carbonyl (C=O) groups is 1. The topological polar surface area (TPSA) is 97.0 Å². The van der Waals surface area contributed by atoms with Crippen LogP contribution in [0.2, 0.25) is 0 Å². The quantitative estimate of drug-likeness (QED) is 0.397. The summed E-state index contributed by atoms with van der Waals surface area (Å²) >= 11 is 1.48. The van der Waals surface area contributed by atoms with Gasteiger partial charge in [0.05, 0.1) is 12.2 Å². The van der Waals surface area contributed by atoms with Gasteiger partial charge in [-0.3, -0.25) is 0 Å². The van der Waals surface area contributed by atoms with Gasteiger partial charge in [-0.1, -0.05) is 41.7 Å². The molecule has 1 saturated heterocycles. The number of piperidine rings is 1. The van der Waals surface area contributed by atoms with Crippen molar-refractivity contribution in [3.05, 3.63) is 59.2 Å². The Morgan fingerprint density at radius 3 is 2.81 bits per heavy atom. The van der Waals surface area contributed by atoms with E-state index in [1.165, 1.54) is 11.3 Å². The predicted octanol–water partition coefficient (Wildman–Crippen LogP) is 5.14. The number of aromatic hydroxyl groups is 1. The van der Waals surface area contributed by atoms with Gasteiger partial charge in [0.2, 0.25) is 0 Å². The Hall–Kier alpha value is -2.65. The van der Waals surface area contributed by atoms with Crippen molar-refractivity contribution in [2.75, 3.05) is 26.2 Å². The molecule has 0 aliphatic carbocycles. The molecule has 4 N–H and O–H groups in total.